The SMILES string of the molecule is COc1nn(C(C)C(=O)Nc2nn(Cc3c(F)cccc3Cl)cc2Cl)cc1[N+](=O)[O-]. The number of hydrogen-bond donors (Lipinski definition) is 1. The second-order valence-corrected chi connectivity index (χ2v) is 6.96. The summed E-state index contributed by atoms with van der Waals surface area (Å²) in [7, 11) is 1.23. The minimum absolute atomic E-state index is 0.000793. The standard InChI is InChI=1S/C17H15Cl2FN6O4/c1-9(25-8-14(26(28)29)17(23-25)30-2)16(27)21-15-12(19)7-24(22-15)6-10-11(18)4-3-5-13(10)20/h3-5,7-9H,6H2,1-2H3,(H,21,22,27). The van der Waals surface area contributed by atoms with Gasteiger partial charge in [-0.1, -0.05) is 29.3 Å². The average Bonchev–Trinajstić information content (AvgIpc) is 3.28. The van der Waals surface area contributed by atoms with Crippen LogP contribution in [0.15, 0.2) is 30.6 Å². The van der Waals surface area contributed by atoms with E-state index in [2.05, 4.69) is 15.5 Å². The molecule has 1 amide bonds. The molecular formula is C17H15Cl2FN6O4. The van der Waals surface area contributed by atoms with Gasteiger partial charge in [0, 0.05) is 16.8 Å². The summed E-state index contributed by atoms with van der Waals surface area (Å²) in [6.45, 7) is 1.48. The van der Waals surface area contributed by atoms with Crippen LogP contribution in [0.2, 0.25) is 10.0 Å². The zero-order valence-corrected chi connectivity index (χ0v) is 17.2. The molecule has 0 bridgehead atoms. The number of aromatic nitrogens is 4. The third-order valence-electron chi connectivity index (χ3n) is 4.19. The van der Waals surface area contributed by atoms with Crippen molar-refractivity contribution in [2.75, 3.05) is 12.4 Å². The number of methoxy groups -OCH3 is 1. The summed E-state index contributed by atoms with van der Waals surface area (Å²) >= 11 is 12.1. The highest BCUT2D eigenvalue weighted by molar-refractivity contribution is 6.33. The molecule has 0 fully saturated rings. The molecule has 30 heavy (non-hydrogen) atoms. The van der Waals surface area contributed by atoms with Gasteiger partial charge in [0.1, 0.15) is 23.1 Å². The van der Waals surface area contributed by atoms with E-state index in [-0.39, 0.29) is 39.5 Å². The molecule has 1 atom stereocenters. The summed E-state index contributed by atoms with van der Waals surface area (Å²) in [6.07, 6.45) is 2.50. The van der Waals surface area contributed by atoms with Crippen LogP contribution in [0.5, 0.6) is 5.88 Å². The normalized spacial score (nSPS) is 11.9. The van der Waals surface area contributed by atoms with Crippen molar-refractivity contribution in [3.8, 4) is 5.88 Å². The maximum Gasteiger partial charge on any atom is 0.350 e. The maximum absolute atomic E-state index is 14.0. The highest BCUT2D eigenvalue weighted by atomic mass is 35.5. The van der Waals surface area contributed by atoms with Crippen molar-refractivity contribution >= 4 is 40.6 Å². The lowest BCUT2D eigenvalue weighted by molar-refractivity contribution is -0.385. The maximum atomic E-state index is 14.0. The minimum atomic E-state index is -0.935. The first-order valence-corrected chi connectivity index (χ1v) is 9.21. The van der Waals surface area contributed by atoms with E-state index in [1.807, 2.05) is 0 Å². The fourth-order valence-corrected chi connectivity index (χ4v) is 3.00. The second-order valence-electron chi connectivity index (χ2n) is 6.15. The molecular weight excluding hydrogens is 442 g/mol. The molecule has 2 heterocycles. The van der Waals surface area contributed by atoms with Crippen molar-refractivity contribution in [2.45, 2.75) is 19.5 Å². The molecule has 1 unspecified atom stereocenters. The van der Waals surface area contributed by atoms with Gasteiger partial charge in [-0.05, 0) is 19.1 Å². The van der Waals surface area contributed by atoms with Gasteiger partial charge < -0.3 is 10.1 Å². The zero-order valence-electron chi connectivity index (χ0n) is 15.7. The number of halogens is 3. The van der Waals surface area contributed by atoms with E-state index in [0.717, 1.165) is 10.9 Å². The van der Waals surface area contributed by atoms with Crippen molar-refractivity contribution in [2.24, 2.45) is 0 Å². The van der Waals surface area contributed by atoms with Crippen LogP contribution in [0, 0.1) is 15.9 Å². The van der Waals surface area contributed by atoms with Gasteiger partial charge in [-0.15, -0.1) is 5.10 Å². The van der Waals surface area contributed by atoms with Gasteiger partial charge in [-0.25, -0.2) is 9.07 Å². The molecule has 10 nitrogen and oxygen atoms in total. The summed E-state index contributed by atoms with van der Waals surface area (Å²) in [5, 5.41) is 21.9. The molecule has 2 aromatic heterocycles. The fourth-order valence-electron chi connectivity index (χ4n) is 2.58. The molecule has 0 aliphatic carbocycles. The Bertz CT molecular complexity index is 1100. The first-order valence-electron chi connectivity index (χ1n) is 8.45. The van der Waals surface area contributed by atoms with Gasteiger partial charge in [0.2, 0.25) is 5.91 Å². The molecule has 0 saturated carbocycles. The van der Waals surface area contributed by atoms with Crippen LogP contribution in [0.4, 0.5) is 15.9 Å². The summed E-state index contributed by atoms with van der Waals surface area (Å²) < 4.78 is 21.2. The van der Waals surface area contributed by atoms with E-state index >= 15 is 0 Å². The summed E-state index contributed by atoms with van der Waals surface area (Å²) in [4.78, 5) is 22.9. The quantitative estimate of drug-likeness (QED) is 0.427. The number of carbonyl (C=O) groups is 1. The van der Waals surface area contributed by atoms with E-state index in [1.165, 1.54) is 37.0 Å². The van der Waals surface area contributed by atoms with E-state index in [0.29, 0.717) is 0 Å². The van der Waals surface area contributed by atoms with Crippen molar-refractivity contribution in [3.05, 3.63) is 62.1 Å². The van der Waals surface area contributed by atoms with Crippen LogP contribution in [0.25, 0.3) is 0 Å². The van der Waals surface area contributed by atoms with Crippen LogP contribution in [-0.4, -0.2) is 37.5 Å². The largest absolute Gasteiger partial charge is 0.475 e. The Morgan fingerprint density at radius 1 is 1.33 bits per heavy atom. The molecule has 1 aromatic carbocycles. The molecule has 0 aliphatic heterocycles. The number of nitrogens with zero attached hydrogens (tertiary/aromatic N) is 5. The third kappa shape index (κ3) is 4.36. The van der Waals surface area contributed by atoms with Crippen molar-refractivity contribution < 1.29 is 18.8 Å². The lowest BCUT2D eigenvalue weighted by Crippen LogP contribution is -2.24. The predicted molar refractivity (Wildman–Crippen MR) is 107 cm³/mol. The fraction of sp³-hybridized carbons (Fsp3) is 0.235. The van der Waals surface area contributed by atoms with Gasteiger partial charge in [0.05, 0.1) is 18.6 Å². The van der Waals surface area contributed by atoms with Gasteiger partial charge in [-0.3, -0.25) is 19.6 Å². The predicted octanol–water partition coefficient (Wildman–Crippen LogP) is 3.69. The number of amides is 1. The van der Waals surface area contributed by atoms with Crippen LogP contribution in [-0.2, 0) is 11.3 Å². The Hall–Kier alpha value is -3.18. The monoisotopic (exact) mass is 456 g/mol. The first-order chi connectivity index (χ1) is 14.2. The molecule has 0 spiro atoms. The number of ether oxygens (including phenoxy) is 1. The number of anilines is 1. The van der Waals surface area contributed by atoms with E-state index in [9.17, 15) is 19.3 Å². The van der Waals surface area contributed by atoms with Gasteiger partial charge in [0.25, 0.3) is 0 Å². The molecule has 1 N–H and O–H groups in total. The number of nitrogens with one attached hydrogen (secondary N) is 1. The van der Waals surface area contributed by atoms with Gasteiger partial charge >= 0.3 is 11.6 Å². The highest BCUT2D eigenvalue weighted by Gasteiger charge is 2.26. The Balaban J connectivity index is 1.76. The highest BCUT2D eigenvalue weighted by Crippen LogP contribution is 2.27. The van der Waals surface area contributed by atoms with Gasteiger partial charge in [0.15, 0.2) is 5.82 Å². The number of benzene rings is 1. The molecule has 0 radical (unpaired) electrons. The summed E-state index contributed by atoms with van der Waals surface area (Å²) in [5.74, 6) is -1.26. The Labute approximate surface area is 179 Å². The zero-order chi connectivity index (χ0) is 22.0. The number of carbonyl (C=O) groups excluding carboxylic acids is 1. The minimum Gasteiger partial charge on any atom is -0.475 e. The van der Waals surface area contributed by atoms with Crippen LogP contribution in [0.1, 0.15) is 18.5 Å². The van der Waals surface area contributed by atoms with Gasteiger partial charge in [-0.2, -0.15) is 5.10 Å². The first kappa shape index (κ1) is 21.5. The molecule has 0 saturated heterocycles. The van der Waals surface area contributed by atoms with E-state index in [4.69, 9.17) is 27.9 Å². The molecule has 0 aliphatic rings. The number of rotatable bonds is 7. The molecule has 13 heteroatoms. The third-order valence-corrected chi connectivity index (χ3v) is 4.82. The van der Waals surface area contributed by atoms with Crippen LogP contribution in [0.3, 0.4) is 0 Å². The van der Waals surface area contributed by atoms with E-state index in [1.54, 1.807) is 6.07 Å². The molecule has 3 aromatic rings. The van der Waals surface area contributed by atoms with Crippen LogP contribution >= 0.6 is 23.2 Å². The lowest BCUT2D eigenvalue weighted by Gasteiger charge is -2.11. The average molecular weight is 457 g/mol. The topological polar surface area (TPSA) is 117 Å². The van der Waals surface area contributed by atoms with Crippen molar-refractivity contribution in [1.82, 2.24) is 19.6 Å². The van der Waals surface area contributed by atoms with Crippen molar-refractivity contribution in [3.63, 3.8) is 0 Å². The number of nitro groups is 1. The second kappa shape index (κ2) is 8.67. The van der Waals surface area contributed by atoms with Crippen LogP contribution < -0.4 is 10.1 Å². The molecule has 158 valence electrons. The lowest BCUT2D eigenvalue weighted by atomic mass is 10.2. The Kier molecular flexibility index (Phi) is 6.22. The van der Waals surface area contributed by atoms with E-state index < -0.39 is 22.7 Å². The summed E-state index contributed by atoms with van der Waals surface area (Å²) in [6, 6.07) is 3.37. The Morgan fingerprint density at radius 2 is 2.07 bits per heavy atom. The molecule has 3 rings (SSSR count). The Morgan fingerprint density at radius 3 is 2.67 bits per heavy atom. The summed E-state index contributed by atoms with van der Waals surface area (Å²) in [5.41, 5.74) is -0.151. The number of hydrogen-bond acceptors (Lipinski definition) is 6. The smallest absolute Gasteiger partial charge is 0.350 e. The van der Waals surface area contributed by atoms with Crippen molar-refractivity contribution in [1.29, 1.82) is 0 Å².